The molecule has 0 aromatic heterocycles. The Morgan fingerprint density at radius 1 is 1.14 bits per heavy atom. The van der Waals surface area contributed by atoms with Crippen molar-refractivity contribution < 1.29 is 9.47 Å². The van der Waals surface area contributed by atoms with Gasteiger partial charge in [-0.05, 0) is 37.5 Å². The van der Waals surface area contributed by atoms with Crippen LogP contribution in [0.2, 0.25) is 0 Å². The number of ether oxygens (including phenoxy) is 2. The number of rotatable bonds is 3. The fraction of sp³-hybridized carbons (Fsp3) is 0.500. The van der Waals surface area contributed by atoms with Crippen molar-refractivity contribution in [1.29, 1.82) is 0 Å². The fourth-order valence-corrected chi connectivity index (χ4v) is 1.85. The van der Waals surface area contributed by atoms with E-state index in [1.54, 1.807) is 14.2 Å². The zero-order valence-corrected chi connectivity index (χ0v) is 9.60. The van der Waals surface area contributed by atoms with Crippen LogP contribution < -0.4 is 9.47 Å². The minimum absolute atomic E-state index is 0.945. The Morgan fingerprint density at radius 2 is 1.79 bits per heavy atom. The largest absolute Gasteiger partial charge is 0.496 e. The molecule has 0 saturated heterocycles. The number of methoxy groups -OCH3 is 2. The molecular formula is C12H18O2. The lowest BCUT2D eigenvalue weighted by molar-refractivity contribution is 0.394. The maximum absolute atomic E-state index is 5.39. The average molecular weight is 194 g/mol. The van der Waals surface area contributed by atoms with E-state index in [0.29, 0.717) is 0 Å². The van der Waals surface area contributed by atoms with Gasteiger partial charge in [-0.15, -0.1) is 0 Å². The highest BCUT2D eigenvalue weighted by molar-refractivity contribution is 5.52. The Morgan fingerprint density at radius 3 is 2.21 bits per heavy atom. The highest BCUT2D eigenvalue weighted by Gasteiger charge is 2.12. The average Bonchev–Trinajstić information content (AvgIpc) is 2.20. The van der Waals surface area contributed by atoms with Crippen LogP contribution in [-0.2, 0) is 6.42 Å². The maximum Gasteiger partial charge on any atom is 0.125 e. The molecule has 1 aromatic carbocycles. The Hall–Kier alpha value is -1.18. The molecular weight excluding hydrogens is 176 g/mol. The van der Waals surface area contributed by atoms with E-state index < -0.39 is 0 Å². The first-order chi connectivity index (χ1) is 6.65. The third kappa shape index (κ3) is 1.69. The molecule has 2 heteroatoms. The molecule has 0 unspecified atom stereocenters. The van der Waals surface area contributed by atoms with Crippen LogP contribution in [0, 0.1) is 13.8 Å². The molecule has 0 atom stereocenters. The highest BCUT2D eigenvalue weighted by Crippen LogP contribution is 2.33. The van der Waals surface area contributed by atoms with E-state index in [0.717, 1.165) is 23.5 Å². The molecule has 1 rings (SSSR count). The molecule has 0 heterocycles. The Balaban J connectivity index is 3.40. The Labute approximate surface area is 85.8 Å². The molecule has 2 nitrogen and oxygen atoms in total. The SMILES string of the molecule is CCc1c(C)c(OC)cc(C)c1OC. The lowest BCUT2D eigenvalue weighted by Gasteiger charge is -2.16. The molecule has 78 valence electrons. The van der Waals surface area contributed by atoms with Crippen LogP contribution in [0.1, 0.15) is 23.6 Å². The van der Waals surface area contributed by atoms with Crippen LogP contribution in [0.4, 0.5) is 0 Å². The van der Waals surface area contributed by atoms with Crippen molar-refractivity contribution in [3.8, 4) is 11.5 Å². The predicted octanol–water partition coefficient (Wildman–Crippen LogP) is 2.88. The van der Waals surface area contributed by atoms with Crippen molar-refractivity contribution in [1.82, 2.24) is 0 Å². The topological polar surface area (TPSA) is 18.5 Å². The molecule has 0 aliphatic rings. The summed E-state index contributed by atoms with van der Waals surface area (Å²) in [6.45, 7) is 6.24. The van der Waals surface area contributed by atoms with Crippen LogP contribution in [0.3, 0.4) is 0 Å². The lowest BCUT2D eigenvalue weighted by Crippen LogP contribution is -1.99. The molecule has 0 N–H and O–H groups in total. The quantitative estimate of drug-likeness (QED) is 0.736. The van der Waals surface area contributed by atoms with Crippen LogP contribution in [0.15, 0.2) is 6.07 Å². The van der Waals surface area contributed by atoms with Gasteiger partial charge in [-0.1, -0.05) is 6.92 Å². The summed E-state index contributed by atoms with van der Waals surface area (Å²) >= 11 is 0. The van der Waals surface area contributed by atoms with Crippen molar-refractivity contribution >= 4 is 0 Å². The summed E-state index contributed by atoms with van der Waals surface area (Å²) in [5, 5.41) is 0. The minimum Gasteiger partial charge on any atom is -0.496 e. The highest BCUT2D eigenvalue weighted by atomic mass is 16.5. The normalized spacial score (nSPS) is 10.1. The van der Waals surface area contributed by atoms with E-state index in [1.807, 2.05) is 13.0 Å². The van der Waals surface area contributed by atoms with Gasteiger partial charge in [0, 0.05) is 5.56 Å². The van der Waals surface area contributed by atoms with Gasteiger partial charge >= 0.3 is 0 Å². The Kier molecular flexibility index (Phi) is 3.39. The molecule has 0 spiro atoms. The number of aryl methyl sites for hydroxylation is 1. The van der Waals surface area contributed by atoms with Crippen molar-refractivity contribution in [3.63, 3.8) is 0 Å². The van der Waals surface area contributed by atoms with Crippen molar-refractivity contribution in [2.24, 2.45) is 0 Å². The molecule has 0 aliphatic heterocycles. The minimum atomic E-state index is 0.945. The fourth-order valence-electron chi connectivity index (χ4n) is 1.85. The molecule has 0 aliphatic carbocycles. The zero-order valence-electron chi connectivity index (χ0n) is 9.60. The van der Waals surface area contributed by atoms with Gasteiger partial charge in [-0.25, -0.2) is 0 Å². The van der Waals surface area contributed by atoms with Gasteiger partial charge in [0.1, 0.15) is 11.5 Å². The van der Waals surface area contributed by atoms with E-state index in [9.17, 15) is 0 Å². The molecule has 0 bridgehead atoms. The molecule has 14 heavy (non-hydrogen) atoms. The van der Waals surface area contributed by atoms with Gasteiger partial charge in [0.25, 0.3) is 0 Å². The molecule has 1 aromatic rings. The van der Waals surface area contributed by atoms with Crippen LogP contribution >= 0.6 is 0 Å². The smallest absolute Gasteiger partial charge is 0.125 e. The van der Waals surface area contributed by atoms with Gasteiger partial charge in [-0.2, -0.15) is 0 Å². The summed E-state index contributed by atoms with van der Waals surface area (Å²) in [6.07, 6.45) is 0.965. The summed E-state index contributed by atoms with van der Waals surface area (Å²) in [6, 6.07) is 2.02. The second-order valence-corrected chi connectivity index (χ2v) is 3.39. The van der Waals surface area contributed by atoms with Crippen LogP contribution in [0.25, 0.3) is 0 Å². The maximum atomic E-state index is 5.39. The van der Waals surface area contributed by atoms with E-state index in [1.165, 1.54) is 11.1 Å². The van der Waals surface area contributed by atoms with E-state index >= 15 is 0 Å². The zero-order chi connectivity index (χ0) is 10.7. The second kappa shape index (κ2) is 4.36. The van der Waals surface area contributed by atoms with Gasteiger partial charge in [-0.3, -0.25) is 0 Å². The first-order valence-electron chi connectivity index (χ1n) is 4.86. The third-order valence-electron chi connectivity index (χ3n) is 2.58. The summed E-state index contributed by atoms with van der Waals surface area (Å²) in [7, 11) is 3.42. The van der Waals surface area contributed by atoms with E-state index in [2.05, 4.69) is 13.8 Å². The first kappa shape index (κ1) is 10.9. The summed E-state index contributed by atoms with van der Waals surface area (Å²) in [5.41, 5.74) is 3.55. The summed E-state index contributed by atoms with van der Waals surface area (Å²) in [5.74, 6) is 1.94. The number of hydrogen-bond acceptors (Lipinski definition) is 2. The van der Waals surface area contributed by atoms with Gasteiger partial charge in [0.2, 0.25) is 0 Å². The van der Waals surface area contributed by atoms with Crippen molar-refractivity contribution in [3.05, 3.63) is 22.8 Å². The van der Waals surface area contributed by atoms with Gasteiger partial charge < -0.3 is 9.47 Å². The van der Waals surface area contributed by atoms with E-state index in [4.69, 9.17) is 9.47 Å². The first-order valence-corrected chi connectivity index (χ1v) is 4.86. The molecule has 0 radical (unpaired) electrons. The monoisotopic (exact) mass is 194 g/mol. The molecule has 0 amide bonds. The number of hydrogen-bond donors (Lipinski definition) is 0. The van der Waals surface area contributed by atoms with E-state index in [-0.39, 0.29) is 0 Å². The lowest BCUT2D eigenvalue weighted by atomic mass is 10.0. The predicted molar refractivity (Wildman–Crippen MR) is 58.4 cm³/mol. The second-order valence-electron chi connectivity index (χ2n) is 3.39. The van der Waals surface area contributed by atoms with Gasteiger partial charge in [0.15, 0.2) is 0 Å². The number of benzene rings is 1. The Bertz CT molecular complexity index is 330. The van der Waals surface area contributed by atoms with Gasteiger partial charge in [0.05, 0.1) is 14.2 Å². The van der Waals surface area contributed by atoms with Crippen LogP contribution in [-0.4, -0.2) is 14.2 Å². The third-order valence-corrected chi connectivity index (χ3v) is 2.58. The standard InChI is InChI=1S/C12H18O2/c1-6-10-9(3)11(13-4)7-8(2)12(10)14-5/h7H,6H2,1-5H3. The summed E-state index contributed by atoms with van der Waals surface area (Å²) < 4.78 is 10.7. The molecule has 0 fully saturated rings. The van der Waals surface area contributed by atoms with Crippen LogP contribution in [0.5, 0.6) is 11.5 Å². The summed E-state index contributed by atoms with van der Waals surface area (Å²) in [4.78, 5) is 0. The molecule has 0 saturated carbocycles. The van der Waals surface area contributed by atoms with Crippen molar-refractivity contribution in [2.45, 2.75) is 27.2 Å². The van der Waals surface area contributed by atoms with Crippen molar-refractivity contribution in [2.75, 3.05) is 14.2 Å².